The van der Waals surface area contributed by atoms with Crippen LogP contribution in [-0.4, -0.2) is 21.0 Å². The van der Waals surface area contributed by atoms with Crippen molar-refractivity contribution in [1.82, 2.24) is 9.97 Å². The number of hydrogen-bond donors (Lipinski definition) is 2. The molecular formula is C27H22IN3O2. The second-order valence-electron chi connectivity index (χ2n) is 8.07. The van der Waals surface area contributed by atoms with Crippen LogP contribution in [0.5, 0.6) is 0 Å². The third-order valence-electron chi connectivity index (χ3n) is 5.81. The summed E-state index contributed by atoms with van der Waals surface area (Å²) in [5, 5.41) is 14.1. The summed E-state index contributed by atoms with van der Waals surface area (Å²) in [6.07, 6.45) is 0.821. The molecule has 1 heterocycles. The number of rotatable bonds is 5. The molecule has 5 nitrogen and oxygen atoms in total. The first-order valence-corrected chi connectivity index (χ1v) is 11.9. The number of fused-ring (bicyclic) bond motifs is 3. The van der Waals surface area contributed by atoms with Gasteiger partial charge in [-0.05, 0) is 64.3 Å². The molecule has 1 unspecified atom stereocenters. The van der Waals surface area contributed by atoms with Gasteiger partial charge < -0.3 is 10.4 Å². The number of nitrogens with zero attached hydrogens (tertiary/aromatic N) is 2. The largest absolute Gasteiger partial charge is 0.382 e. The zero-order valence-corrected chi connectivity index (χ0v) is 20.0. The average molecular weight is 547 g/mol. The molecule has 1 aromatic heterocycles. The van der Waals surface area contributed by atoms with Crippen LogP contribution in [0.15, 0.2) is 78.9 Å². The van der Waals surface area contributed by atoms with E-state index < -0.39 is 6.10 Å². The molecule has 6 heteroatoms. The topological polar surface area (TPSA) is 75.1 Å². The van der Waals surface area contributed by atoms with Gasteiger partial charge in [0.1, 0.15) is 11.8 Å². The van der Waals surface area contributed by atoms with Gasteiger partial charge in [0.05, 0.1) is 17.8 Å². The second kappa shape index (κ2) is 9.41. The standard InChI is InChI=1S/C27H22IN3O2/c28-20-13-10-17(11-14-20)16-23(32)30-27-25(26(33)19-7-2-1-3-8-19)31-24-21-9-5-4-6-18(21)12-15-22(24)29-27/h1-11,13-14,26,33H,12,15-16H2,(H,29,30,32). The Morgan fingerprint density at radius 2 is 1.67 bits per heavy atom. The Labute approximate surface area is 206 Å². The maximum atomic E-state index is 12.9. The van der Waals surface area contributed by atoms with Gasteiger partial charge in [0, 0.05) is 9.13 Å². The molecule has 0 bridgehead atoms. The van der Waals surface area contributed by atoms with Gasteiger partial charge >= 0.3 is 0 Å². The quantitative estimate of drug-likeness (QED) is 0.341. The Morgan fingerprint density at radius 1 is 0.939 bits per heavy atom. The lowest BCUT2D eigenvalue weighted by atomic mass is 9.91. The molecule has 0 saturated heterocycles. The third kappa shape index (κ3) is 4.67. The predicted molar refractivity (Wildman–Crippen MR) is 137 cm³/mol. The summed E-state index contributed by atoms with van der Waals surface area (Å²) >= 11 is 2.24. The van der Waals surface area contributed by atoms with Crippen molar-refractivity contribution < 1.29 is 9.90 Å². The van der Waals surface area contributed by atoms with Crippen LogP contribution in [0.1, 0.15) is 34.2 Å². The normalized spacial score (nSPS) is 13.0. The number of aliphatic hydroxyl groups is 1. The highest BCUT2D eigenvalue weighted by Gasteiger charge is 2.26. The van der Waals surface area contributed by atoms with E-state index in [-0.39, 0.29) is 12.3 Å². The van der Waals surface area contributed by atoms with Crippen LogP contribution in [0.4, 0.5) is 5.82 Å². The van der Waals surface area contributed by atoms with Crippen molar-refractivity contribution in [2.45, 2.75) is 25.4 Å². The lowest BCUT2D eigenvalue weighted by molar-refractivity contribution is -0.115. The number of carbonyl (C=O) groups excluding carboxylic acids is 1. The number of aromatic nitrogens is 2. The first kappa shape index (κ1) is 21.7. The van der Waals surface area contributed by atoms with Crippen LogP contribution >= 0.6 is 22.6 Å². The molecule has 0 aliphatic heterocycles. The highest BCUT2D eigenvalue weighted by Crippen LogP contribution is 2.35. The van der Waals surface area contributed by atoms with Gasteiger partial charge in [-0.1, -0.05) is 66.7 Å². The molecule has 0 radical (unpaired) electrons. The summed E-state index contributed by atoms with van der Waals surface area (Å²) < 4.78 is 1.12. The number of amides is 1. The number of nitrogens with one attached hydrogen (secondary N) is 1. The minimum absolute atomic E-state index is 0.192. The molecule has 1 atom stereocenters. The fourth-order valence-electron chi connectivity index (χ4n) is 4.14. The summed E-state index contributed by atoms with van der Waals surface area (Å²) in [7, 11) is 0. The maximum Gasteiger partial charge on any atom is 0.229 e. The Balaban J connectivity index is 1.53. The van der Waals surface area contributed by atoms with E-state index in [0.29, 0.717) is 17.1 Å². The van der Waals surface area contributed by atoms with Crippen LogP contribution < -0.4 is 5.32 Å². The van der Waals surface area contributed by atoms with Crippen LogP contribution in [0, 0.1) is 3.57 Å². The monoisotopic (exact) mass is 547 g/mol. The van der Waals surface area contributed by atoms with Crippen LogP contribution in [0.3, 0.4) is 0 Å². The first-order valence-electron chi connectivity index (χ1n) is 10.8. The van der Waals surface area contributed by atoms with E-state index in [1.54, 1.807) is 0 Å². The van der Waals surface area contributed by atoms with Gasteiger partial charge in [0.25, 0.3) is 0 Å². The van der Waals surface area contributed by atoms with Crippen molar-refractivity contribution >= 4 is 34.3 Å². The summed E-state index contributed by atoms with van der Waals surface area (Å²) in [4.78, 5) is 22.6. The van der Waals surface area contributed by atoms with Crippen molar-refractivity contribution in [3.05, 3.63) is 111 Å². The number of aryl methyl sites for hydroxylation is 2. The molecule has 1 amide bonds. The van der Waals surface area contributed by atoms with Crippen LogP contribution in [0.2, 0.25) is 0 Å². The Bertz CT molecular complexity index is 1310. The van der Waals surface area contributed by atoms with E-state index in [0.717, 1.165) is 38.9 Å². The van der Waals surface area contributed by atoms with Gasteiger partial charge in [-0.15, -0.1) is 0 Å². The molecule has 0 spiro atoms. The second-order valence-corrected chi connectivity index (χ2v) is 9.32. The molecule has 4 aromatic rings. The van der Waals surface area contributed by atoms with Crippen LogP contribution in [0.25, 0.3) is 11.3 Å². The number of benzene rings is 3. The van der Waals surface area contributed by atoms with E-state index in [2.05, 4.69) is 34.0 Å². The zero-order valence-electron chi connectivity index (χ0n) is 17.8. The summed E-state index contributed by atoms with van der Waals surface area (Å²) in [5.41, 5.74) is 5.83. The number of aliphatic hydroxyl groups excluding tert-OH is 1. The Hall–Kier alpha value is -3.10. The smallest absolute Gasteiger partial charge is 0.229 e. The minimum atomic E-state index is -1.01. The molecule has 33 heavy (non-hydrogen) atoms. The van der Waals surface area contributed by atoms with Crippen molar-refractivity contribution in [3.63, 3.8) is 0 Å². The van der Waals surface area contributed by atoms with E-state index in [4.69, 9.17) is 9.97 Å². The molecule has 164 valence electrons. The predicted octanol–water partition coefficient (Wildman–Crippen LogP) is 5.11. The molecule has 0 saturated carbocycles. The molecule has 2 N–H and O–H groups in total. The first-order chi connectivity index (χ1) is 16.1. The Kier molecular flexibility index (Phi) is 6.20. The zero-order chi connectivity index (χ0) is 22.8. The van der Waals surface area contributed by atoms with E-state index in [1.807, 2.05) is 72.8 Å². The molecule has 0 fully saturated rings. The third-order valence-corrected chi connectivity index (χ3v) is 6.53. The fraction of sp³-hybridized carbons (Fsp3) is 0.148. The SMILES string of the molecule is O=C(Cc1ccc(I)cc1)Nc1nc2c(nc1C(O)c1ccccc1)-c1ccccc1CC2. The van der Waals surface area contributed by atoms with Gasteiger partial charge in [0.15, 0.2) is 5.82 Å². The number of hydrogen-bond acceptors (Lipinski definition) is 4. The van der Waals surface area contributed by atoms with Gasteiger partial charge in [-0.3, -0.25) is 4.79 Å². The van der Waals surface area contributed by atoms with Crippen molar-refractivity contribution in [3.8, 4) is 11.3 Å². The summed E-state index contributed by atoms with van der Waals surface area (Å²) in [6.45, 7) is 0. The molecule has 3 aromatic carbocycles. The lowest BCUT2D eigenvalue weighted by Gasteiger charge is -2.22. The number of halogens is 1. The fourth-order valence-corrected chi connectivity index (χ4v) is 4.49. The van der Waals surface area contributed by atoms with Gasteiger partial charge in [-0.25, -0.2) is 9.97 Å². The van der Waals surface area contributed by atoms with Crippen molar-refractivity contribution in [1.29, 1.82) is 0 Å². The highest BCUT2D eigenvalue weighted by atomic mass is 127. The molecule has 1 aliphatic rings. The maximum absolute atomic E-state index is 12.9. The van der Waals surface area contributed by atoms with Gasteiger partial charge in [-0.2, -0.15) is 0 Å². The Morgan fingerprint density at radius 3 is 2.45 bits per heavy atom. The summed E-state index contributed by atoms with van der Waals surface area (Å²) in [6, 6.07) is 25.3. The lowest BCUT2D eigenvalue weighted by Crippen LogP contribution is -2.21. The highest BCUT2D eigenvalue weighted by molar-refractivity contribution is 14.1. The van der Waals surface area contributed by atoms with Crippen molar-refractivity contribution in [2.75, 3.05) is 5.32 Å². The summed E-state index contributed by atoms with van der Waals surface area (Å²) in [5.74, 6) is 0.128. The van der Waals surface area contributed by atoms with E-state index >= 15 is 0 Å². The number of anilines is 1. The van der Waals surface area contributed by atoms with E-state index in [9.17, 15) is 9.90 Å². The van der Waals surface area contributed by atoms with Crippen molar-refractivity contribution in [2.24, 2.45) is 0 Å². The van der Waals surface area contributed by atoms with E-state index in [1.165, 1.54) is 5.56 Å². The van der Waals surface area contributed by atoms with Crippen LogP contribution in [-0.2, 0) is 24.1 Å². The molecule has 1 aliphatic carbocycles. The molecular weight excluding hydrogens is 525 g/mol. The average Bonchev–Trinajstić information content (AvgIpc) is 2.85. The molecule has 5 rings (SSSR count). The minimum Gasteiger partial charge on any atom is -0.382 e. The number of carbonyl (C=O) groups is 1. The van der Waals surface area contributed by atoms with Gasteiger partial charge in [0.2, 0.25) is 5.91 Å².